The summed E-state index contributed by atoms with van der Waals surface area (Å²) in [4.78, 5) is 27.9. The highest BCUT2D eigenvalue weighted by Crippen LogP contribution is 2.44. The lowest BCUT2D eigenvalue weighted by atomic mass is 9.75. The number of benzene rings is 1. The van der Waals surface area contributed by atoms with Crippen LogP contribution in [0, 0.1) is 11.3 Å². The number of carbonyl (C=O) groups is 2. The quantitative estimate of drug-likeness (QED) is 0.616. The maximum atomic E-state index is 13.0. The van der Waals surface area contributed by atoms with E-state index in [4.69, 9.17) is 0 Å². The monoisotopic (exact) mass is 370 g/mol. The fraction of sp³-hybridized carbons (Fsp3) is 0.545. The summed E-state index contributed by atoms with van der Waals surface area (Å²) in [5, 5.41) is 13.8. The molecule has 1 atom stereocenters. The standard InChI is InChI=1S/C22H30N2O3/c1-2-7-16(20(25)26)14-22(11-5-6-12-22)21(27)23-13-10-17-15-24-19-9-4-3-8-18(17)19/h3-4,8-9,15-16,24H,2,5-7,10-14H2,1H3,(H,23,27)(H,25,26). The molecule has 0 radical (unpaired) electrons. The molecule has 0 aliphatic heterocycles. The van der Waals surface area contributed by atoms with Crippen LogP contribution in [0.4, 0.5) is 0 Å². The molecule has 1 heterocycles. The van der Waals surface area contributed by atoms with Crippen molar-refractivity contribution in [1.29, 1.82) is 0 Å². The maximum absolute atomic E-state index is 13.0. The van der Waals surface area contributed by atoms with Crippen LogP contribution in [-0.4, -0.2) is 28.5 Å². The number of aromatic nitrogens is 1. The van der Waals surface area contributed by atoms with Crippen molar-refractivity contribution in [3.05, 3.63) is 36.0 Å². The van der Waals surface area contributed by atoms with Gasteiger partial charge >= 0.3 is 5.97 Å². The molecule has 3 N–H and O–H groups in total. The zero-order valence-electron chi connectivity index (χ0n) is 16.1. The average molecular weight is 370 g/mol. The van der Waals surface area contributed by atoms with E-state index in [9.17, 15) is 14.7 Å². The number of para-hydroxylation sites is 1. The molecular formula is C22H30N2O3. The number of fused-ring (bicyclic) bond motifs is 1. The number of carboxylic acid groups (broad SMARTS) is 1. The summed E-state index contributed by atoms with van der Waals surface area (Å²) >= 11 is 0. The van der Waals surface area contributed by atoms with Gasteiger partial charge in [-0.05, 0) is 43.7 Å². The summed E-state index contributed by atoms with van der Waals surface area (Å²) in [5.74, 6) is -1.15. The molecule has 1 aromatic heterocycles. The Morgan fingerprint density at radius 2 is 2.00 bits per heavy atom. The lowest BCUT2D eigenvalue weighted by molar-refractivity contribution is -0.144. The summed E-state index contributed by atoms with van der Waals surface area (Å²) in [6, 6.07) is 8.16. The van der Waals surface area contributed by atoms with E-state index in [-0.39, 0.29) is 5.91 Å². The number of amides is 1. The fourth-order valence-electron chi connectivity index (χ4n) is 4.55. The van der Waals surface area contributed by atoms with Crippen molar-refractivity contribution >= 4 is 22.8 Å². The van der Waals surface area contributed by atoms with Crippen LogP contribution in [0.5, 0.6) is 0 Å². The van der Waals surface area contributed by atoms with Crippen LogP contribution in [0.2, 0.25) is 0 Å². The number of carbonyl (C=O) groups excluding carboxylic acids is 1. The van der Waals surface area contributed by atoms with E-state index >= 15 is 0 Å². The molecule has 0 spiro atoms. The first-order valence-electron chi connectivity index (χ1n) is 10.1. The number of hydrogen-bond acceptors (Lipinski definition) is 2. The predicted molar refractivity (Wildman–Crippen MR) is 107 cm³/mol. The van der Waals surface area contributed by atoms with Gasteiger partial charge in [0.2, 0.25) is 5.91 Å². The Hall–Kier alpha value is -2.30. The topological polar surface area (TPSA) is 82.2 Å². The van der Waals surface area contributed by atoms with E-state index in [1.165, 1.54) is 10.9 Å². The average Bonchev–Trinajstić information content (AvgIpc) is 3.29. The Kier molecular flexibility index (Phi) is 6.19. The number of nitrogens with one attached hydrogen (secondary N) is 2. The third-order valence-electron chi connectivity index (χ3n) is 6.02. The zero-order chi connectivity index (χ0) is 19.3. The Morgan fingerprint density at radius 3 is 2.70 bits per heavy atom. The molecule has 1 aromatic carbocycles. The lowest BCUT2D eigenvalue weighted by Crippen LogP contribution is -2.42. The number of aromatic amines is 1. The van der Waals surface area contributed by atoms with Crippen LogP contribution < -0.4 is 5.32 Å². The zero-order valence-corrected chi connectivity index (χ0v) is 16.1. The molecule has 1 aliphatic rings. The highest BCUT2D eigenvalue weighted by atomic mass is 16.4. The van der Waals surface area contributed by atoms with Gasteiger partial charge in [0.1, 0.15) is 0 Å². The number of rotatable bonds is 9. The Morgan fingerprint density at radius 1 is 1.26 bits per heavy atom. The van der Waals surface area contributed by atoms with E-state index in [2.05, 4.69) is 16.4 Å². The van der Waals surface area contributed by atoms with Gasteiger partial charge < -0.3 is 15.4 Å². The second-order valence-electron chi connectivity index (χ2n) is 7.88. The fourth-order valence-corrected chi connectivity index (χ4v) is 4.55. The molecule has 1 aliphatic carbocycles. The molecular weight excluding hydrogens is 340 g/mol. The first-order chi connectivity index (χ1) is 13.1. The molecule has 5 nitrogen and oxygen atoms in total. The molecule has 2 aromatic rings. The maximum Gasteiger partial charge on any atom is 0.306 e. The minimum atomic E-state index is -0.769. The third kappa shape index (κ3) is 4.34. The van der Waals surface area contributed by atoms with Gasteiger partial charge in [-0.25, -0.2) is 0 Å². The second kappa shape index (κ2) is 8.59. The van der Waals surface area contributed by atoms with Crippen molar-refractivity contribution in [2.45, 2.75) is 58.3 Å². The summed E-state index contributed by atoms with van der Waals surface area (Å²) in [5.41, 5.74) is 1.80. The van der Waals surface area contributed by atoms with Crippen LogP contribution in [0.15, 0.2) is 30.5 Å². The molecule has 1 fully saturated rings. The van der Waals surface area contributed by atoms with E-state index in [0.717, 1.165) is 44.0 Å². The molecule has 3 rings (SSSR count). The van der Waals surface area contributed by atoms with Crippen molar-refractivity contribution in [2.24, 2.45) is 11.3 Å². The normalized spacial score (nSPS) is 17.1. The van der Waals surface area contributed by atoms with E-state index < -0.39 is 17.3 Å². The summed E-state index contributed by atoms with van der Waals surface area (Å²) in [6.45, 7) is 2.58. The molecule has 0 bridgehead atoms. The van der Waals surface area contributed by atoms with Crippen molar-refractivity contribution in [3.8, 4) is 0 Å². The second-order valence-corrected chi connectivity index (χ2v) is 7.88. The van der Waals surface area contributed by atoms with Gasteiger partial charge in [0, 0.05) is 29.1 Å². The molecule has 146 valence electrons. The highest BCUT2D eigenvalue weighted by Gasteiger charge is 2.43. The van der Waals surface area contributed by atoms with Gasteiger partial charge in [0.25, 0.3) is 0 Å². The Labute approximate surface area is 160 Å². The first-order valence-corrected chi connectivity index (χ1v) is 10.1. The van der Waals surface area contributed by atoms with Gasteiger partial charge in [0.05, 0.1) is 5.92 Å². The molecule has 0 saturated heterocycles. The van der Waals surface area contributed by atoms with E-state index in [1.54, 1.807) is 0 Å². The van der Waals surface area contributed by atoms with Crippen LogP contribution in [0.25, 0.3) is 10.9 Å². The number of hydrogen-bond donors (Lipinski definition) is 3. The van der Waals surface area contributed by atoms with Gasteiger partial charge in [-0.15, -0.1) is 0 Å². The van der Waals surface area contributed by atoms with E-state index in [0.29, 0.717) is 19.4 Å². The number of aliphatic carboxylic acids is 1. The summed E-state index contributed by atoms with van der Waals surface area (Å²) in [7, 11) is 0. The molecule has 1 unspecified atom stereocenters. The van der Waals surface area contributed by atoms with Crippen molar-refractivity contribution < 1.29 is 14.7 Å². The molecule has 1 saturated carbocycles. The van der Waals surface area contributed by atoms with Crippen molar-refractivity contribution in [2.75, 3.05) is 6.54 Å². The van der Waals surface area contributed by atoms with Gasteiger partial charge in [0.15, 0.2) is 0 Å². The predicted octanol–water partition coefficient (Wildman–Crippen LogP) is 4.28. The number of H-pyrrole nitrogens is 1. The lowest BCUT2D eigenvalue weighted by Gasteiger charge is -2.30. The summed E-state index contributed by atoms with van der Waals surface area (Å²) in [6.07, 6.45) is 8.33. The SMILES string of the molecule is CCCC(CC1(C(=O)NCCc2c[nH]c3ccccc23)CCCC1)C(=O)O. The number of carboxylic acids is 1. The molecule has 27 heavy (non-hydrogen) atoms. The van der Waals surface area contributed by atoms with Crippen LogP contribution in [0.3, 0.4) is 0 Å². The van der Waals surface area contributed by atoms with Gasteiger partial charge in [-0.1, -0.05) is 44.4 Å². The Balaban J connectivity index is 1.62. The Bertz CT molecular complexity index is 790. The van der Waals surface area contributed by atoms with Gasteiger partial charge in [-0.3, -0.25) is 9.59 Å². The van der Waals surface area contributed by atoms with Crippen LogP contribution in [-0.2, 0) is 16.0 Å². The minimum Gasteiger partial charge on any atom is -0.481 e. The third-order valence-corrected chi connectivity index (χ3v) is 6.02. The highest BCUT2D eigenvalue weighted by molar-refractivity contribution is 5.85. The smallest absolute Gasteiger partial charge is 0.306 e. The molecule has 1 amide bonds. The summed E-state index contributed by atoms with van der Waals surface area (Å²) < 4.78 is 0. The largest absolute Gasteiger partial charge is 0.481 e. The first kappa shape index (κ1) is 19.5. The minimum absolute atomic E-state index is 0.0437. The van der Waals surface area contributed by atoms with Crippen molar-refractivity contribution in [1.82, 2.24) is 10.3 Å². The van der Waals surface area contributed by atoms with Gasteiger partial charge in [-0.2, -0.15) is 0 Å². The van der Waals surface area contributed by atoms with Crippen LogP contribution in [0.1, 0.15) is 57.4 Å². The van der Waals surface area contributed by atoms with Crippen molar-refractivity contribution in [3.63, 3.8) is 0 Å². The van der Waals surface area contributed by atoms with E-state index in [1.807, 2.05) is 31.3 Å². The molecule has 5 heteroatoms. The van der Waals surface area contributed by atoms with Crippen LogP contribution >= 0.6 is 0 Å².